The van der Waals surface area contributed by atoms with Crippen LogP contribution in [0.25, 0.3) is 0 Å². The summed E-state index contributed by atoms with van der Waals surface area (Å²) >= 11 is 0. The summed E-state index contributed by atoms with van der Waals surface area (Å²) in [5.41, 5.74) is 1.17. The Labute approximate surface area is 119 Å². The van der Waals surface area contributed by atoms with E-state index in [0.717, 1.165) is 0 Å². The van der Waals surface area contributed by atoms with Gasteiger partial charge in [0.2, 0.25) is 0 Å². The zero-order valence-electron chi connectivity index (χ0n) is 10.8. The SMILES string of the molecule is O=Cc1ccc(NC(=O)c2cccc(OC(F)F)c2)cc1. The lowest BCUT2D eigenvalue weighted by Gasteiger charge is -2.08. The molecule has 0 atom stereocenters. The second-order valence-electron chi connectivity index (χ2n) is 4.10. The van der Waals surface area contributed by atoms with E-state index in [9.17, 15) is 18.4 Å². The fourth-order valence-corrected chi connectivity index (χ4v) is 1.66. The molecule has 1 amide bonds. The van der Waals surface area contributed by atoms with Gasteiger partial charge in [-0.3, -0.25) is 9.59 Å². The monoisotopic (exact) mass is 291 g/mol. The molecule has 0 bridgehead atoms. The minimum absolute atomic E-state index is 0.0889. The van der Waals surface area contributed by atoms with Crippen LogP contribution in [0, 0.1) is 0 Å². The van der Waals surface area contributed by atoms with Gasteiger partial charge in [0.25, 0.3) is 5.91 Å². The van der Waals surface area contributed by atoms with Crippen molar-refractivity contribution in [2.75, 3.05) is 5.32 Å². The van der Waals surface area contributed by atoms with Gasteiger partial charge in [0, 0.05) is 16.8 Å². The first kappa shape index (κ1) is 14.6. The molecule has 0 saturated carbocycles. The summed E-state index contributed by atoms with van der Waals surface area (Å²) in [7, 11) is 0. The van der Waals surface area contributed by atoms with Crippen molar-refractivity contribution >= 4 is 17.9 Å². The summed E-state index contributed by atoms with van der Waals surface area (Å²) in [6.45, 7) is -2.95. The molecule has 4 nitrogen and oxygen atoms in total. The van der Waals surface area contributed by atoms with Crippen LogP contribution in [0.3, 0.4) is 0 Å². The number of carbonyl (C=O) groups excluding carboxylic acids is 2. The smallest absolute Gasteiger partial charge is 0.387 e. The molecule has 2 rings (SSSR count). The number of halogens is 2. The Morgan fingerprint density at radius 2 is 1.86 bits per heavy atom. The molecule has 21 heavy (non-hydrogen) atoms. The third kappa shape index (κ3) is 4.10. The number of carbonyl (C=O) groups is 2. The molecule has 108 valence electrons. The fraction of sp³-hybridized carbons (Fsp3) is 0.0667. The maximum absolute atomic E-state index is 12.1. The van der Waals surface area contributed by atoms with Gasteiger partial charge in [-0.15, -0.1) is 0 Å². The zero-order valence-corrected chi connectivity index (χ0v) is 10.8. The molecular weight excluding hydrogens is 280 g/mol. The Morgan fingerprint density at radius 3 is 2.48 bits per heavy atom. The normalized spacial score (nSPS) is 10.2. The van der Waals surface area contributed by atoms with Crippen molar-refractivity contribution in [2.24, 2.45) is 0 Å². The van der Waals surface area contributed by atoms with Crippen LogP contribution in [0.4, 0.5) is 14.5 Å². The van der Waals surface area contributed by atoms with E-state index >= 15 is 0 Å². The molecule has 0 saturated heterocycles. The van der Waals surface area contributed by atoms with Crippen LogP contribution in [0.5, 0.6) is 5.75 Å². The Kier molecular flexibility index (Phi) is 4.61. The van der Waals surface area contributed by atoms with Gasteiger partial charge < -0.3 is 10.1 Å². The molecule has 0 spiro atoms. The van der Waals surface area contributed by atoms with Crippen molar-refractivity contribution in [3.8, 4) is 5.75 Å². The Bertz CT molecular complexity index is 642. The van der Waals surface area contributed by atoms with Gasteiger partial charge in [-0.2, -0.15) is 8.78 Å². The minimum atomic E-state index is -2.95. The number of hydrogen-bond acceptors (Lipinski definition) is 3. The van der Waals surface area contributed by atoms with Crippen molar-refractivity contribution in [1.29, 1.82) is 0 Å². The maximum Gasteiger partial charge on any atom is 0.387 e. The number of benzene rings is 2. The van der Waals surface area contributed by atoms with E-state index in [1.54, 1.807) is 24.3 Å². The molecule has 0 aliphatic heterocycles. The topological polar surface area (TPSA) is 55.4 Å². The molecule has 6 heteroatoms. The van der Waals surface area contributed by atoms with E-state index in [1.807, 2.05) is 0 Å². The molecule has 1 N–H and O–H groups in total. The van der Waals surface area contributed by atoms with Crippen LogP contribution in [-0.4, -0.2) is 18.8 Å². The van der Waals surface area contributed by atoms with Crippen LogP contribution < -0.4 is 10.1 Å². The molecule has 0 heterocycles. The highest BCUT2D eigenvalue weighted by Crippen LogP contribution is 2.17. The lowest BCUT2D eigenvalue weighted by atomic mass is 10.2. The first-order valence-corrected chi connectivity index (χ1v) is 6.00. The molecule has 2 aromatic carbocycles. The predicted octanol–water partition coefficient (Wildman–Crippen LogP) is 3.35. The average Bonchev–Trinajstić information content (AvgIpc) is 2.47. The first-order valence-electron chi connectivity index (χ1n) is 6.00. The second-order valence-corrected chi connectivity index (χ2v) is 4.10. The summed E-state index contributed by atoms with van der Waals surface area (Å²) in [5.74, 6) is -0.553. The van der Waals surface area contributed by atoms with Gasteiger partial charge in [0.1, 0.15) is 12.0 Å². The highest BCUT2D eigenvalue weighted by Gasteiger charge is 2.09. The number of rotatable bonds is 5. The van der Waals surface area contributed by atoms with Crippen LogP contribution in [-0.2, 0) is 0 Å². The molecule has 0 aromatic heterocycles. The van der Waals surface area contributed by atoms with Gasteiger partial charge in [0.05, 0.1) is 0 Å². The first-order chi connectivity index (χ1) is 10.1. The summed E-state index contributed by atoms with van der Waals surface area (Å²) in [5, 5.41) is 2.59. The van der Waals surface area contributed by atoms with E-state index in [0.29, 0.717) is 17.5 Å². The largest absolute Gasteiger partial charge is 0.435 e. The molecular formula is C15H11F2NO3. The van der Waals surface area contributed by atoms with E-state index < -0.39 is 12.5 Å². The third-order valence-electron chi connectivity index (χ3n) is 2.63. The molecule has 2 aromatic rings. The van der Waals surface area contributed by atoms with E-state index in [4.69, 9.17) is 0 Å². The number of nitrogens with one attached hydrogen (secondary N) is 1. The maximum atomic E-state index is 12.1. The highest BCUT2D eigenvalue weighted by atomic mass is 19.3. The van der Waals surface area contributed by atoms with Gasteiger partial charge in [-0.25, -0.2) is 0 Å². The Morgan fingerprint density at radius 1 is 1.14 bits per heavy atom. The number of amides is 1. The van der Waals surface area contributed by atoms with Crippen molar-refractivity contribution < 1.29 is 23.1 Å². The van der Waals surface area contributed by atoms with Crippen molar-refractivity contribution in [1.82, 2.24) is 0 Å². The van der Waals surface area contributed by atoms with Gasteiger partial charge in [-0.1, -0.05) is 6.07 Å². The van der Waals surface area contributed by atoms with Crippen LogP contribution in [0.1, 0.15) is 20.7 Å². The molecule has 0 fully saturated rings. The lowest BCUT2D eigenvalue weighted by molar-refractivity contribution is -0.0498. The van der Waals surface area contributed by atoms with Crippen molar-refractivity contribution in [3.05, 3.63) is 59.7 Å². The molecule has 0 unspecified atom stereocenters. The summed E-state index contributed by atoms with van der Waals surface area (Å²) in [6.07, 6.45) is 0.691. The summed E-state index contributed by atoms with van der Waals surface area (Å²) < 4.78 is 28.5. The molecule has 0 aliphatic rings. The number of aldehydes is 1. The molecule has 0 aliphatic carbocycles. The average molecular weight is 291 g/mol. The Balaban J connectivity index is 2.10. The van der Waals surface area contributed by atoms with Gasteiger partial charge in [0.15, 0.2) is 0 Å². The van der Waals surface area contributed by atoms with Crippen LogP contribution in [0.2, 0.25) is 0 Å². The highest BCUT2D eigenvalue weighted by molar-refractivity contribution is 6.04. The Hall–Kier alpha value is -2.76. The van der Waals surface area contributed by atoms with E-state index in [2.05, 4.69) is 10.1 Å². The fourth-order valence-electron chi connectivity index (χ4n) is 1.66. The van der Waals surface area contributed by atoms with Crippen LogP contribution >= 0.6 is 0 Å². The number of alkyl halides is 2. The quantitative estimate of drug-likeness (QED) is 0.859. The van der Waals surface area contributed by atoms with Crippen molar-refractivity contribution in [2.45, 2.75) is 6.61 Å². The van der Waals surface area contributed by atoms with E-state index in [-0.39, 0.29) is 11.3 Å². The van der Waals surface area contributed by atoms with Gasteiger partial charge >= 0.3 is 6.61 Å². The van der Waals surface area contributed by atoms with Crippen molar-refractivity contribution in [3.63, 3.8) is 0 Å². The van der Waals surface area contributed by atoms with Crippen LogP contribution in [0.15, 0.2) is 48.5 Å². The zero-order chi connectivity index (χ0) is 15.2. The minimum Gasteiger partial charge on any atom is -0.435 e. The number of ether oxygens (including phenoxy) is 1. The standard InChI is InChI=1S/C15H11F2NO3/c16-15(17)21-13-3-1-2-11(8-13)14(20)18-12-6-4-10(9-19)5-7-12/h1-9,15H,(H,18,20). The summed E-state index contributed by atoms with van der Waals surface area (Å²) in [4.78, 5) is 22.5. The van der Waals surface area contributed by atoms with E-state index in [1.165, 1.54) is 24.3 Å². The summed E-state index contributed by atoms with van der Waals surface area (Å²) in [6, 6.07) is 11.7. The molecule has 0 radical (unpaired) electrons. The second kappa shape index (κ2) is 6.60. The lowest BCUT2D eigenvalue weighted by Crippen LogP contribution is -2.12. The van der Waals surface area contributed by atoms with Gasteiger partial charge in [-0.05, 0) is 42.5 Å². The number of anilines is 1. The number of hydrogen-bond donors (Lipinski definition) is 1. The third-order valence-corrected chi connectivity index (χ3v) is 2.63. The predicted molar refractivity (Wildman–Crippen MR) is 72.9 cm³/mol.